The maximum absolute atomic E-state index is 13.1. The molecule has 3 amide bonds. The van der Waals surface area contributed by atoms with E-state index in [1.54, 1.807) is 11.0 Å². The molecule has 3 aliphatic heterocycles. The molecule has 0 radical (unpaired) electrons. The summed E-state index contributed by atoms with van der Waals surface area (Å²) in [7, 11) is 0. The maximum Gasteiger partial charge on any atom is 0.255 e. The Bertz CT molecular complexity index is 1940. The number of carbonyl (C=O) groups excluding carboxylic acids is 4. The van der Waals surface area contributed by atoms with Crippen molar-refractivity contribution in [3.05, 3.63) is 119 Å². The normalized spacial score (nSPS) is 19.6. The summed E-state index contributed by atoms with van der Waals surface area (Å²) in [6, 6.07) is 24.1. The van der Waals surface area contributed by atoms with Crippen LogP contribution >= 0.6 is 0 Å². The fourth-order valence-corrected chi connectivity index (χ4v) is 7.70. The largest absolute Gasteiger partial charge is 0.492 e. The molecule has 2 fully saturated rings. The van der Waals surface area contributed by atoms with Crippen molar-refractivity contribution in [3.8, 4) is 5.75 Å². The molecule has 0 saturated carbocycles. The SMILES string of the molecule is CC/C(=C(\C1=CCC(=O)C=C1)c1ccc(OCCNCCN2CCN(c3ccc4c(c3)CN(C3CCC(=O)NC3=O)C4=O)CC2)cc1)c1ccccc1. The van der Waals surface area contributed by atoms with Gasteiger partial charge in [-0.05, 0) is 82.7 Å². The van der Waals surface area contributed by atoms with E-state index in [0.29, 0.717) is 31.6 Å². The predicted octanol–water partition coefficient (Wildman–Crippen LogP) is 5.01. The summed E-state index contributed by atoms with van der Waals surface area (Å²) in [5.41, 5.74) is 8.43. The number of hydrogen-bond acceptors (Lipinski definition) is 8. The minimum absolute atomic E-state index is 0.126. The van der Waals surface area contributed by atoms with Gasteiger partial charge in [0.25, 0.3) is 5.91 Å². The van der Waals surface area contributed by atoms with E-state index in [9.17, 15) is 19.2 Å². The zero-order chi connectivity index (χ0) is 36.7. The van der Waals surface area contributed by atoms with Gasteiger partial charge in [-0.25, -0.2) is 0 Å². The molecule has 1 unspecified atom stereocenters. The topological polar surface area (TPSA) is 111 Å². The number of hydrogen-bond donors (Lipinski definition) is 2. The average Bonchev–Trinajstić information content (AvgIpc) is 3.51. The Morgan fingerprint density at radius 1 is 0.887 bits per heavy atom. The number of rotatable bonds is 13. The fraction of sp³-hybridized carbons (Fsp3) is 0.349. The molecule has 1 atom stereocenters. The smallest absolute Gasteiger partial charge is 0.255 e. The summed E-state index contributed by atoms with van der Waals surface area (Å²) < 4.78 is 6.09. The van der Waals surface area contributed by atoms with Crippen LogP contribution < -0.4 is 20.3 Å². The number of imide groups is 1. The number of amides is 3. The molecule has 0 spiro atoms. The molecule has 0 aromatic heterocycles. The van der Waals surface area contributed by atoms with Crippen LogP contribution in [0.5, 0.6) is 5.75 Å². The van der Waals surface area contributed by atoms with Crippen LogP contribution in [-0.4, -0.2) is 91.8 Å². The van der Waals surface area contributed by atoms with Crippen LogP contribution in [0.1, 0.15) is 59.7 Å². The van der Waals surface area contributed by atoms with Crippen LogP contribution in [0, 0.1) is 0 Å². The highest BCUT2D eigenvalue weighted by atomic mass is 16.5. The van der Waals surface area contributed by atoms with E-state index in [-0.39, 0.29) is 29.9 Å². The first-order valence-corrected chi connectivity index (χ1v) is 18.8. The fourth-order valence-electron chi connectivity index (χ4n) is 7.70. The molecular weight excluding hydrogens is 667 g/mol. The van der Waals surface area contributed by atoms with E-state index in [0.717, 1.165) is 85.9 Å². The van der Waals surface area contributed by atoms with E-state index >= 15 is 0 Å². The summed E-state index contributed by atoms with van der Waals surface area (Å²) in [5, 5.41) is 5.89. The monoisotopic (exact) mass is 713 g/mol. The van der Waals surface area contributed by atoms with Crippen LogP contribution in [0.15, 0.2) is 96.6 Å². The highest BCUT2D eigenvalue weighted by molar-refractivity contribution is 6.06. The molecular formula is C43H47N5O5. The van der Waals surface area contributed by atoms with E-state index < -0.39 is 6.04 Å². The first-order valence-electron chi connectivity index (χ1n) is 18.8. The Hall–Kier alpha value is -5.32. The molecule has 53 heavy (non-hydrogen) atoms. The van der Waals surface area contributed by atoms with Crippen LogP contribution in [0.4, 0.5) is 5.69 Å². The molecule has 10 nitrogen and oxygen atoms in total. The highest BCUT2D eigenvalue weighted by Crippen LogP contribution is 2.37. The van der Waals surface area contributed by atoms with Crippen LogP contribution in [0.3, 0.4) is 0 Å². The Morgan fingerprint density at radius 2 is 1.68 bits per heavy atom. The second kappa shape index (κ2) is 16.6. The highest BCUT2D eigenvalue weighted by Gasteiger charge is 2.39. The van der Waals surface area contributed by atoms with Crippen molar-refractivity contribution >= 4 is 40.3 Å². The minimum atomic E-state index is -0.598. The minimum Gasteiger partial charge on any atom is -0.492 e. The van der Waals surface area contributed by atoms with E-state index in [4.69, 9.17) is 4.74 Å². The van der Waals surface area contributed by atoms with Crippen LogP contribution in [-0.2, 0) is 20.9 Å². The van der Waals surface area contributed by atoms with Gasteiger partial charge in [0.05, 0.1) is 0 Å². The number of piperazine rings is 1. The average molecular weight is 714 g/mol. The number of benzene rings is 3. The number of carbonyl (C=O) groups is 4. The predicted molar refractivity (Wildman–Crippen MR) is 206 cm³/mol. The van der Waals surface area contributed by atoms with Crippen molar-refractivity contribution in [2.45, 2.75) is 45.2 Å². The Balaban J connectivity index is 0.850. The number of fused-ring (bicyclic) bond motifs is 1. The summed E-state index contributed by atoms with van der Waals surface area (Å²) in [6.45, 7) is 9.40. The third kappa shape index (κ3) is 8.34. The van der Waals surface area contributed by atoms with Gasteiger partial charge in [-0.15, -0.1) is 0 Å². The third-order valence-electron chi connectivity index (χ3n) is 10.6. The molecule has 7 rings (SSSR count). The first kappa shape index (κ1) is 36.1. The van der Waals surface area contributed by atoms with Crippen LogP contribution in [0.25, 0.3) is 11.1 Å². The Morgan fingerprint density at radius 3 is 2.40 bits per heavy atom. The number of piperidine rings is 1. The number of allylic oxidation sites excluding steroid dienone is 6. The van der Waals surface area contributed by atoms with Gasteiger partial charge in [-0.3, -0.25) is 29.4 Å². The molecule has 3 aromatic rings. The number of nitrogens with zero attached hydrogens (tertiary/aromatic N) is 3. The van der Waals surface area contributed by atoms with Crippen molar-refractivity contribution in [1.82, 2.24) is 20.4 Å². The van der Waals surface area contributed by atoms with E-state index in [1.807, 2.05) is 42.5 Å². The molecule has 0 bridgehead atoms. The van der Waals surface area contributed by atoms with E-state index in [1.165, 1.54) is 11.1 Å². The summed E-state index contributed by atoms with van der Waals surface area (Å²) in [4.78, 5) is 55.4. The van der Waals surface area contributed by atoms with Gasteiger partial charge in [0.2, 0.25) is 11.8 Å². The number of anilines is 1. The summed E-state index contributed by atoms with van der Waals surface area (Å²) >= 11 is 0. The zero-order valence-corrected chi connectivity index (χ0v) is 30.3. The van der Waals surface area contributed by atoms with Crippen molar-refractivity contribution in [3.63, 3.8) is 0 Å². The summed E-state index contributed by atoms with van der Waals surface area (Å²) in [6.07, 6.45) is 7.56. The molecule has 2 saturated heterocycles. The van der Waals surface area contributed by atoms with Crippen molar-refractivity contribution in [2.24, 2.45) is 0 Å². The summed E-state index contributed by atoms with van der Waals surface area (Å²) in [5.74, 6) is 0.150. The van der Waals surface area contributed by atoms with Gasteiger partial charge in [-0.2, -0.15) is 0 Å². The van der Waals surface area contributed by atoms with Gasteiger partial charge < -0.3 is 19.9 Å². The Kier molecular flexibility index (Phi) is 11.3. The number of ketones is 1. The number of nitrogens with one attached hydrogen (secondary N) is 2. The third-order valence-corrected chi connectivity index (χ3v) is 10.6. The second-order valence-corrected chi connectivity index (χ2v) is 13.9. The van der Waals surface area contributed by atoms with Gasteiger partial charge in [0.1, 0.15) is 18.4 Å². The van der Waals surface area contributed by atoms with Gasteiger partial charge in [0.15, 0.2) is 5.78 Å². The molecule has 3 heterocycles. The molecule has 274 valence electrons. The van der Waals surface area contributed by atoms with Crippen molar-refractivity contribution in [2.75, 3.05) is 57.3 Å². The Labute approximate surface area is 311 Å². The maximum atomic E-state index is 13.1. The van der Waals surface area contributed by atoms with Gasteiger partial charge >= 0.3 is 0 Å². The van der Waals surface area contributed by atoms with Crippen molar-refractivity contribution < 1.29 is 23.9 Å². The lowest BCUT2D eigenvalue weighted by atomic mass is 9.86. The lowest BCUT2D eigenvalue weighted by Crippen LogP contribution is -2.52. The first-order chi connectivity index (χ1) is 25.9. The second-order valence-electron chi connectivity index (χ2n) is 13.9. The lowest BCUT2D eigenvalue weighted by molar-refractivity contribution is -0.137. The van der Waals surface area contributed by atoms with E-state index in [2.05, 4.69) is 69.8 Å². The quantitative estimate of drug-likeness (QED) is 0.145. The molecule has 4 aliphatic rings. The van der Waals surface area contributed by atoms with Gasteiger partial charge in [0, 0.05) is 76.5 Å². The zero-order valence-electron chi connectivity index (χ0n) is 30.3. The molecule has 10 heteroatoms. The van der Waals surface area contributed by atoms with Crippen LogP contribution in [0.2, 0.25) is 0 Å². The molecule has 1 aliphatic carbocycles. The number of ether oxygens (including phenoxy) is 1. The molecule has 3 aromatic carbocycles. The van der Waals surface area contributed by atoms with Crippen molar-refractivity contribution in [1.29, 1.82) is 0 Å². The standard InChI is InChI=1S/C43H47N5O5/c1-2-37(30-6-4-3-5-7-30)41(31-8-13-35(49)14-9-31)32-10-15-36(16-11-32)53-27-21-44-20-22-46-23-25-47(26-24-46)34-12-17-38-33(28-34)29-48(43(38)52)39-18-19-40(50)45-42(39)51/h3-13,15-17,28,39,44H,2,14,18-27,29H2,1H3,(H,45,50,51)/b41-37-. The lowest BCUT2D eigenvalue weighted by Gasteiger charge is -2.36. The molecule has 2 N–H and O–H groups in total. The van der Waals surface area contributed by atoms with Gasteiger partial charge in [-0.1, -0.05) is 61.5 Å².